The van der Waals surface area contributed by atoms with Gasteiger partial charge in [0.2, 0.25) is 0 Å². The van der Waals surface area contributed by atoms with Crippen molar-refractivity contribution < 1.29 is 18.7 Å². The van der Waals surface area contributed by atoms with Gasteiger partial charge in [-0.1, -0.05) is 60.7 Å². The number of nitrogens with zero attached hydrogens (tertiary/aromatic N) is 1. The summed E-state index contributed by atoms with van der Waals surface area (Å²) >= 11 is 0. The van der Waals surface area contributed by atoms with Gasteiger partial charge in [-0.25, -0.2) is 4.79 Å². The van der Waals surface area contributed by atoms with E-state index in [-0.39, 0.29) is 29.1 Å². The van der Waals surface area contributed by atoms with Crippen molar-refractivity contribution in [2.45, 2.75) is 19.9 Å². The van der Waals surface area contributed by atoms with Gasteiger partial charge in [-0.3, -0.25) is 9.59 Å². The molecule has 0 N–H and O–H groups in total. The highest BCUT2D eigenvalue weighted by atomic mass is 16.5. The summed E-state index contributed by atoms with van der Waals surface area (Å²) in [7, 11) is 0. The van der Waals surface area contributed by atoms with Crippen LogP contribution in [0.3, 0.4) is 0 Å². The van der Waals surface area contributed by atoms with Crippen LogP contribution in [-0.2, 0) is 22.5 Å². The Hall–Kier alpha value is -4.19. The Morgan fingerprint density at radius 1 is 0.941 bits per heavy atom. The summed E-state index contributed by atoms with van der Waals surface area (Å²) in [6.07, 6.45) is 0.770. The molecule has 0 radical (unpaired) electrons. The number of carbonyl (C=O) groups excluding carboxylic acids is 2. The first-order chi connectivity index (χ1) is 16.5. The minimum Gasteiger partial charge on any atom is -0.455 e. The molecule has 170 valence electrons. The van der Waals surface area contributed by atoms with Crippen molar-refractivity contribution in [3.05, 3.63) is 105 Å². The second kappa shape index (κ2) is 8.98. The third-order valence-electron chi connectivity index (χ3n) is 6.21. The molecule has 0 saturated heterocycles. The number of carbonyl (C=O) groups is 2. The molecule has 5 rings (SSSR count). The van der Waals surface area contributed by atoms with Crippen molar-refractivity contribution in [2.75, 3.05) is 13.2 Å². The van der Waals surface area contributed by atoms with Gasteiger partial charge in [0, 0.05) is 24.2 Å². The van der Waals surface area contributed by atoms with Crippen LogP contribution in [0, 0.1) is 6.92 Å². The topological polar surface area (TPSA) is 76.8 Å². The first-order valence-electron chi connectivity index (χ1n) is 11.2. The van der Waals surface area contributed by atoms with Gasteiger partial charge in [-0.05, 0) is 36.6 Å². The van der Waals surface area contributed by atoms with Crippen LogP contribution < -0.4 is 5.43 Å². The van der Waals surface area contributed by atoms with E-state index >= 15 is 0 Å². The second-order valence-corrected chi connectivity index (χ2v) is 8.34. The average Bonchev–Trinajstić information content (AvgIpc) is 2.89. The maximum atomic E-state index is 13.0. The number of fused-ring (bicyclic) bond motifs is 2. The van der Waals surface area contributed by atoms with Crippen LogP contribution in [-0.4, -0.2) is 29.9 Å². The first-order valence-corrected chi connectivity index (χ1v) is 11.2. The van der Waals surface area contributed by atoms with Gasteiger partial charge in [0.25, 0.3) is 5.91 Å². The molecule has 6 nitrogen and oxygen atoms in total. The summed E-state index contributed by atoms with van der Waals surface area (Å²) in [6.45, 7) is 2.40. The summed E-state index contributed by atoms with van der Waals surface area (Å²) in [5.74, 6) is -0.561. The molecule has 0 aliphatic carbocycles. The molecule has 4 aromatic rings. The van der Waals surface area contributed by atoms with Crippen molar-refractivity contribution in [1.82, 2.24) is 4.90 Å². The lowest BCUT2D eigenvalue weighted by atomic mass is 10.00. The van der Waals surface area contributed by atoms with Crippen molar-refractivity contribution in [2.24, 2.45) is 0 Å². The van der Waals surface area contributed by atoms with E-state index in [9.17, 15) is 14.4 Å². The van der Waals surface area contributed by atoms with Gasteiger partial charge in [0.15, 0.2) is 17.6 Å². The number of para-hydroxylation sites is 1. The van der Waals surface area contributed by atoms with E-state index in [4.69, 9.17) is 9.15 Å². The van der Waals surface area contributed by atoms with Crippen LogP contribution in [0.4, 0.5) is 0 Å². The Morgan fingerprint density at radius 2 is 1.68 bits per heavy atom. The van der Waals surface area contributed by atoms with Crippen LogP contribution in [0.15, 0.2) is 82.0 Å². The third-order valence-corrected chi connectivity index (χ3v) is 6.21. The normalized spacial score (nSPS) is 12.9. The standard InChI is InChI=1S/C28H23NO5/c1-18-25(31)22-12-7-13-23(27(22)34-26(18)20-9-3-2-4-10-20)28(32)33-17-24(30)29-15-14-19-8-5-6-11-21(19)16-29/h2-13H,14-17H2,1H3. The summed E-state index contributed by atoms with van der Waals surface area (Å²) in [6, 6.07) is 22.0. The Bertz CT molecular complexity index is 1460. The van der Waals surface area contributed by atoms with Crippen molar-refractivity contribution in [1.29, 1.82) is 0 Å². The van der Waals surface area contributed by atoms with Crippen LogP contribution in [0.1, 0.15) is 27.0 Å². The predicted molar refractivity (Wildman–Crippen MR) is 129 cm³/mol. The fourth-order valence-electron chi connectivity index (χ4n) is 4.34. The van der Waals surface area contributed by atoms with Gasteiger partial charge in [0.05, 0.1) is 5.39 Å². The highest BCUT2D eigenvalue weighted by Gasteiger charge is 2.23. The first kappa shape index (κ1) is 21.6. The van der Waals surface area contributed by atoms with Crippen molar-refractivity contribution in [3.63, 3.8) is 0 Å². The quantitative estimate of drug-likeness (QED) is 0.425. The lowest BCUT2D eigenvalue weighted by molar-refractivity contribution is -0.135. The van der Waals surface area contributed by atoms with E-state index in [1.54, 1.807) is 30.0 Å². The molecule has 0 bridgehead atoms. The Morgan fingerprint density at radius 3 is 2.47 bits per heavy atom. The van der Waals surface area contributed by atoms with Gasteiger partial charge in [0.1, 0.15) is 11.3 Å². The zero-order valence-electron chi connectivity index (χ0n) is 18.7. The zero-order valence-corrected chi connectivity index (χ0v) is 18.7. The molecule has 1 amide bonds. The van der Waals surface area contributed by atoms with Gasteiger partial charge >= 0.3 is 5.97 Å². The number of ether oxygens (including phenoxy) is 1. The number of hydrogen-bond acceptors (Lipinski definition) is 5. The molecule has 34 heavy (non-hydrogen) atoms. The predicted octanol–water partition coefficient (Wildman–Crippen LogP) is 4.51. The lowest BCUT2D eigenvalue weighted by Gasteiger charge is -2.28. The van der Waals surface area contributed by atoms with Crippen molar-refractivity contribution >= 4 is 22.8 Å². The molecular formula is C28H23NO5. The SMILES string of the molecule is Cc1c(-c2ccccc2)oc2c(C(=O)OCC(=O)N3CCc4ccccc4C3)cccc2c1=O. The van der Waals surface area contributed by atoms with E-state index in [1.807, 2.05) is 48.5 Å². The van der Waals surface area contributed by atoms with E-state index in [0.717, 1.165) is 17.5 Å². The summed E-state index contributed by atoms with van der Waals surface area (Å²) in [4.78, 5) is 40.3. The molecule has 6 heteroatoms. The van der Waals surface area contributed by atoms with Gasteiger partial charge < -0.3 is 14.1 Å². The minimum atomic E-state index is -0.706. The fourth-order valence-corrected chi connectivity index (χ4v) is 4.34. The molecule has 0 saturated carbocycles. The maximum Gasteiger partial charge on any atom is 0.342 e. The smallest absolute Gasteiger partial charge is 0.342 e. The second-order valence-electron chi connectivity index (χ2n) is 8.34. The summed E-state index contributed by atoms with van der Waals surface area (Å²) in [5.41, 5.74) is 3.60. The number of rotatable bonds is 4. The summed E-state index contributed by atoms with van der Waals surface area (Å²) < 4.78 is 11.4. The summed E-state index contributed by atoms with van der Waals surface area (Å²) in [5, 5.41) is 0.297. The number of esters is 1. The molecule has 1 aromatic heterocycles. The molecule has 3 aromatic carbocycles. The molecule has 1 aliphatic rings. The molecule has 0 atom stereocenters. The van der Waals surface area contributed by atoms with Crippen LogP contribution in [0.5, 0.6) is 0 Å². The van der Waals surface area contributed by atoms with Crippen LogP contribution in [0.2, 0.25) is 0 Å². The van der Waals surface area contributed by atoms with Crippen LogP contribution in [0.25, 0.3) is 22.3 Å². The molecule has 0 spiro atoms. The molecule has 0 unspecified atom stereocenters. The fraction of sp³-hybridized carbons (Fsp3) is 0.179. The van der Waals surface area contributed by atoms with Gasteiger partial charge in [-0.15, -0.1) is 0 Å². The zero-order chi connectivity index (χ0) is 23.7. The van der Waals surface area contributed by atoms with E-state index in [2.05, 4.69) is 6.07 Å². The molecule has 2 heterocycles. The molecule has 0 fully saturated rings. The van der Waals surface area contributed by atoms with Crippen LogP contribution >= 0.6 is 0 Å². The van der Waals surface area contributed by atoms with Gasteiger partial charge in [-0.2, -0.15) is 0 Å². The third kappa shape index (κ3) is 3.99. The Balaban J connectivity index is 1.39. The minimum absolute atomic E-state index is 0.114. The average molecular weight is 453 g/mol. The Labute approximate surface area is 196 Å². The number of hydrogen-bond donors (Lipinski definition) is 0. The van der Waals surface area contributed by atoms with E-state index < -0.39 is 5.97 Å². The maximum absolute atomic E-state index is 13.0. The number of benzene rings is 3. The number of amides is 1. The van der Waals surface area contributed by atoms with E-state index in [1.165, 1.54) is 5.56 Å². The highest BCUT2D eigenvalue weighted by Crippen LogP contribution is 2.27. The monoisotopic (exact) mass is 453 g/mol. The lowest BCUT2D eigenvalue weighted by Crippen LogP contribution is -2.38. The molecular weight excluding hydrogens is 430 g/mol. The Kier molecular flexibility index (Phi) is 5.72. The molecule has 1 aliphatic heterocycles. The van der Waals surface area contributed by atoms with Crippen molar-refractivity contribution in [3.8, 4) is 11.3 Å². The highest BCUT2D eigenvalue weighted by molar-refractivity contribution is 6.02. The van der Waals surface area contributed by atoms with E-state index in [0.29, 0.717) is 29.8 Å². The largest absolute Gasteiger partial charge is 0.455 e.